The van der Waals surface area contributed by atoms with Gasteiger partial charge in [-0.1, -0.05) is 95.2 Å². The number of carbonyl (C=O) groups excluding carboxylic acids is 2. The maximum Gasteiger partial charge on any atom is 0.472 e. The number of hydrogen-bond acceptors (Lipinski definition) is 9. The molecule has 0 saturated heterocycles. The van der Waals surface area contributed by atoms with Crippen molar-refractivity contribution in [3.8, 4) is 0 Å². The monoisotopic (exact) mass is 645 g/mol. The second kappa shape index (κ2) is 28.2. The maximum absolute atomic E-state index is 12.4. The molecule has 4 N–H and O–H groups in total. The topological polar surface area (TPSA) is 172 Å². The van der Waals surface area contributed by atoms with Gasteiger partial charge in [-0.05, 0) is 44.9 Å². The number of allylic oxidation sites excluding steroid dienone is 6. The zero-order valence-corrected chi connectivity index (χ0v) is 27.6. The third kappa shape index (κ3) is 27.3. The van der Waals surface area contributed by atoms with Gasteiger partial charge in [0.15, 0.2) is 6.10 Å². The Morgan fingerprint density at radius 2 is 1.27 bits per heavy atom. The Morgan fingerprint density at radius 3 is 1.91 bits per heavy atom. The van der Waals surface area contributed by atoms with Crippen LogP contribution in [0.3, 0.4) is 0 Å². The molecule has 0 aliphatic carbocycles. The first kappa shape index (κ1) is 41.7. The van der Waals surface area contributed by atoms with Crippen LogP contribution in [0, 0.1) is 0 Å². The number of unbranched alkanes of at least 4 members (excludes halogenated alkanes) is 9. The molecule has 0 radical (unpaired) electrons. The smallest absolute Gasteiger partial charge is 0.472 e. The Kier molecular flexibility index (Phi) is 26.7. The molecule has 0 aromatic heterocycles. The molecule has 0 aromatic carbocycles. The van der Waals surface area contributed by atoms with E-state index in [0.717, 1.165) is 70.6 Å². The van der Waals surface area contributed by atoms with E-state index < -0.39 is 51.1 Å². The minimum absolute atomic E-state index is 0.149. The van der Waals surface area contributed by atoms with Gasteiger partial charge in [0, 0.05) is 12.8 Å². The van der Waals surface area contributed by atoms with Crippen LogP contribution < -0.4 is 5.73 Å². The first-order valence-electron chi connectivity index (χ1n) is 16.0. The molecule has 0 heterocycles. The van der Waals surface area contributed by atoms with Crippen LogP contribution in [-0.4, -0.2) is 59.9 Å². The lowest BCUT2D eigenvalue weighted by Crippen LogP contribution is -2.34. The standard InChI is InChI=1S/C32H56NO10P/c1-3-5-7-8-9-10-11-12-13-14-15-16-17-18-19-20-22-24-31(35)43-28(25-40-30(34)23-21-6-4-2)26-41-44(38,39)42-27-29(33)32(36)37/h5,7,9-10,12-13,28-29H,3-4,6,8,11,14-27,33H2,1-2H3,(H,36,37)(H,38,39)/b7-5-,10-9-,13-12-. The van der Waals surface area contributed by atoms with Gasteiger partial charge in [0.25, 0.3) is 0 Å². The van der Waals surface area contributed by atoms with E-state index >= 15 is 0 Å². The number of carbonyl (C=O) groups is 3. The number of nitrogens with two attached hydrogens (primary N) is 1. The zero-order valence-electron chi connectivity index (χ0n) is 26.7. The summed E-state index contributed by atoms with van der Waals surface area (Å²) in [5, 5.41) is 8.78. The van der Waals surface area contributed by atoms with Gasteiger partial charge in [-0.3, -0.25) is 23.4 Å². The summed E-state index contributed by atoms with van der Waals surface area (Å²) in [4.78, 5) is 45.0. The van der Waals surface area contributed by atoms with Crippen molar-refractivity contribution in [1.29, 1.82) is 0 Å². The number of carboxylic acid groups (broad SMARTS) is 1. The van der Waals surface area contributed by atoms with E-state index in [-0.39, 0.29) is 19.4 Å². The van der Waals surface area contributed by atoms with Crippen LogP contribution in [0.15, 0.2) is 36.5 Å². The second-order valence-corrected chi connectivity index (χ2v) is 12.0. The van der Waals surface area contributed by atoms with Crippen molar-refractivity contribution >= 4 is 25.7 Å². The van der Waals surface area contributed by atoms with Crippen molar-refractivity contribution < 1.29 is 47.5 Å². The van der Waals surface area contributed by atoms with E-state index in [4.69, 9.17) is 24.8 Å². The van der Waals surface area contributed by atoms with Crippen molar-refractivity contribution in [3.05, 3.63) is 36.5 Å². The molecule has 0 saturated carbocycles. The number of carboxylic acids is 1. The predicted octanol–water partition coefficient (Wildman–Crippen LogP) is 6.94. The van der Waals surface area contributed by atoms with Gasteiger partial charge in [-0.25, -0.2) is 4.57 Å². The van der Waals surface area contributed by atoms with E-state index in [1.54, 1.807) is 0 Å². The van der Waals surface area contributed by atoms with Crippen molar-refractivity contribution in [2.24, 2.45) is 5.73 Å². The third-order valence-electron chi connectivity index (χ3n) is 6.40. The van der Waals surface area contributed by atoms with Gasteiger partial charge >= 0.3 is 25.7 Å². The highest BCUT2D eigenvalue weighted by atomic mass is 31.2. The van der Waals surface area contributed by atoms with Crippen molar-refractivity contribution in [2.75, 3.05) is 19.8 Å². The summed E-state index contributed by atoms with van der Waals surface area (Å²) in [6, 6.07) is -1.52. The van der Waals surface area contributed by atoms with Gasteiger partial charge in [0.05, 0.1) is 13.2 Å². The first-order chi connectivity index (χ1) is 21.1. The van der Waals surface area contributed by atoms with Crippen LogP contribution in [-0.2, 0) is 37.5 Å². The van der Waals surface area contributed by atoms with E-state index in [0.29, 0.717) is 12.8 Å². The molecule has 0 spiro atoms. The van der Waals surface area contributed by atoms with Crippen molar-refractivity contribution in [2.45, 2.75) is 129 Å². The molecule has 3 unspecified atom stereocenters. The first-order valence-corrected chi connectivity index (χ1v) is 17.5. The Morgan fingerprint density at radius 1 is 0.727 bits per heavy atom. The highest BCUT2D eigenvalue weighted by Crippen LogP contribution is 2.43. The molecule has 11 nitrogen and oxygen atoms in total. The Labute approximate surface area is 263 Å². The number of phosphoric acid groups is 1. The molecule has 0 amide bonds. The summed E-state index contributed by atoms with van der Waals surface area (Å²) < 4.78 is 32.1. The van der Waals surface area contributed by atoms with Crippen molar-refractivity contribution in [1.82, 2.24) is 0 Å². The fraction of sp³-hybridized carbons (Fsp3) is 0.719. The molecule has 254 valence electrons. The van der Waals surface area contributed by atoms with Crippen molar-refractivity contribution in [3.63, 3.8) is 0 Å². The Balaban J connectivity index is 4.31. The molecular weight excluding hydrogens is 589 g/mol. The SMILES string of the molecule is CC/C=C\C/C=C\C/C=C\CCCCCCCCCC(=O)OC(COC(=O)CCCCC)COP(=O)(O)OCC(N)C(=O)O. The molecular formula is C32H56NO10P. The summed E-state index contributed by atoms with van der Waals surface area (Å²) >= 11 is 0. The van der Waals surface area contributed by atoms with E-state index in [2.05, 4.69) is 47.9 Å². The van der Waals surface area contributed by atoms with Crippen LogP contribution in [0.25, 0.3) is 0 Å². The van der Waals surface area contributed by atoms with Crippen LogP contribution in [0.1, 0.15) is 117 Å². The van der Waals surface area contributed by atoms with Gasteiger partial charge in [0.2, 0.25) is 0 Å². The molecule has 12 heteroatoms. The minimum atomic E-state index is -4.69. The van der Waals surface area contributed by atoms with Gasteiger partial charge in [-0.2, -0.15) is 0 Å². The summed E-state index contributed by atoms with van der Waals surface area (Å²) in [5.74, 6) is -2.43. The molecule has 0 aliphatic heterocycles. The third-order valence-corrected chi connectivity index (χ3v) is 7.35. The molecule has 44 heavy (non-hydrogen) atoms. The average Bonchev–Trinajstić information content (AvgIpc) is 2.99. The number of rotatable bonds is 29. The summed E-state index contributed by atoms with van der Waals surface area (Å²) in [7, 11) is -4.69. The molecule has 0 aliphatic rings. The largest absolute Gasteiger partial charge is 0.480 e. The summed E-state index contributed by atoms with van der Waals surface area (Å²) in [6.45, 7) is 2.43. The highest BCUT2D eigenvalue weighted by molar-refractivity contribution is 7.47. The maximum atomic E-state index is 12.4. The van der Waals surface area contributed by atoms with Gasteiger partial charge in [0.1, 0.15) is 12.6 Å². The summed E-state index contributed by atoms with van der Waals surface area (Å²) in [6.07, 6.45) is 26.1. The molecule has 0 aromatic rings. The quantitative estimate of drug-likeness (QED) is 0.0333. The number of phosphoric ester groups is 1. The van der Waals surface area contributed by atoms with E-state index in [1.807, 2.05) is 6.92 Å². The molecule has 3 atom stereocenters. The minimum Gasteiger partial charge on any atom is -0.480 e. The van der Waals surface area contributed by atoms with Crippen LogP contribution >= 0.6 is 7.82 Å². The molecule has 0 bridgehead atoms. The molecule has 0 fully saturated rings. The van der Waals surface area contributed by atoms with E-state index in [1.165, 1.54) is 6.42 Å². The van der Waals surface area contributed by atoms with Gasteiger partial charge in [-0.15, -0.1) is 0 Å². The van der Waals surface area contributed by atoms with Crippen LogP contribution in [0.4, 0.5) is 0 Å². The Bertz CT molecular complexity index is 905. The van der Waals surface area contributed by atoms with Gasteiger partial charge < -0.3 is 25.2 Å². The number of hydrogen-bond donors (Lipinski definition) is 3. The lowest BCUT2D eigenvalue weighted by atomic mass is 10.1. The lowest BCUT2D eigenvalue weighted by molar-refractivity contribution is -0.161. The fourth-order valence-corrected chi connectivity index (χ4v) is 4.62. The van der Waals surface area contributed by atoms with Crippen LogP contribution in [0.2, 0.25) is 0 Å². The highest BCUT2D eigenvalue weighted by Gasteiger charge is 2.28. The number of aliphatic carboxylic acids is 1. The second-order valence-electron chi connectivity index (χ2n) is 10.6. The average molecular weight is 646 g/mol. The predicted molar refractivity (Wildman–Crippen MR) is 171 cm³/mol. The van der Waals surface area contributed by atoms with E-state index in [9.17, 15) is 23.8 Å². The molecule has 0 rings (SSSR count). The zero-order chi connectivity index (χ0) is 32.9. The number of ether oxygens (including phenoxy) is 2. The van der Waals surface area contributed by atoms with Crippen LogP contribution in [0.5, 0.6) is 0 Å². The Hall–Kier alpha value is -2.30. The number of esters is 2. The fourth-order valence-electron chi connectivity index (χ4n) is 3.84. The summed E-state index contributed by atoms with van der Waals surface area (Å²) in [5.41, 5.74) is 5.27. The normalized spacial score (nSPS) is 14.6. The lowest BCUT2D eigenvalue weighted by Gasteiger charge is -2.20.